The SMILES string of the molecule is NCCN1CCc2ccccc2C(Oc2cccc(Cl)c2)(Oc2cccc(C(F)(F)F)c2)C1. The van der Waals surface area contributed by atoms with Crippen molar-refractivity contribution < 1.29 is 22.6 Å². The van der Waals surface area contributed by atoms with Crippen molar-refractivity contribution in [3.8, 4) is 11.5 Å². The molecule has 0 bridgehead atoms. The molecule has 0 fully saturated rings. The molecule has 0 spiro atoms. The van der Waals surface area contributed by atoms with Gasteiger partial charge in [-0.15, -0.1) is 0 Å². The summed E-state index contributed by atoms with van der Waals surface area (Å²) in [6, 6.07) is 19.3. The number of alkyl halides is 3. The lowest BCUT2D eigenvalue weighted by molar-refractivity contribution is -0.142. The van der Waals surface area contributed by atoms with Crippen molar-refractivity contribution >= 4 is 11.6 Å². The summed E-state index contributed by atoms with van der Waals surface area (Å²) in [6.45, 7) is 1.98. The van der Waals surface area contributed by atoms with Crippen molar-refractivity contribution in [2.24, 2.45) is 5.73 Å². The van der Waals surface area contributed by atoms with Crippen molar-refractivity contribution in [2.45, 2.75) is 18.4 Å². The van der Waals surface area contributed by atoms with E-state index in [-0.39, 0.29) is 12.3 Å². The molecule has 0 saturated carbocycles. The number of ether oxygens (including phenoxy) is 2. The molecule has 0 saturated heterocycles. The Bertz CT molecular complexity index is 1110. The van der Waals surface area contributed by atoms with Crippen molar-refractivity contribution in [1.29, 1.82) is 0 Å². The molecule has 2 N–H and O–H groups in total. The van der Waals surface area contributed by atoms with E-state index in [1.54, 1.807) is 24.3 Å². The molecule has 1 aliphatic rings. The van der Waals surface area contributed by atoms with E-state index < -0.39 is 17.5 Å². The van der Waals surface area contributed by atoms with Crippen LogP contribution in [0.3, 0.4) is 0 Å². The Labute approximate surface area is 195 Å². The average Bonchev–Trinajstić information content (AvgIpc) is 2.91. The van der Waals surface area contributed by atoms with Gasteiger partial charge in [-0.05, 0) is 48.4 Å². The van der Waals surface area contributed by atoms with Crippen molar-refractivity contribution in [1.82, 2.24) is 4.90 Å². The molecular formula is C25H24ClF3N2O2. The van der Waals surface area contributed by atoms with Gasteiger partial charge in [0.05, 0.1) is 12.1 Å². The van der Waals surface area contributed by atoms with Gasteiger partial charge in [-0.25, -0.2) is 0 Å². The van der Waals surface area contributed by atoms with Gasteiger partial charge < -0.3 is 15.2 Å². The van der Waals surface area contributed by atoms with Gasteiger partial charge in [0.25, 0.3) is 5.79 Å². The number of nitrogens with zero attached hydrogens (tertiary/aromatic N) is 1. The van der Waals surface area contributed by atoms with Crippen LogP contribution in [0.4, 0.5) is 13.2 Å². The highest BCUT2D eigenvalue weighted by molar-refractivity contribution is 6.30. The van der Waals surface area contributed by atoms with Crippen LogP contribution >= 0.6 is 11.6 Å². The van der Waals surface area contributed by atoms with Crippen LogP contribution in [0, 0.1) is 0 Å². The molecule has 1 unspecified atom stereocenters. The normalized spacial score (nSPS) is 18.9. The summed E-state index contributed by atoms with van der Waals surface area (Å²) in [5.41, 5.74) is 6.78. The van der Waals surface area contributed by atoms with E-state index >= 15 is 0 Å². The Morgan fingerprint density at radius 2 is 1.64 bits per heavy atom. The molecule has 3 aromatic rings. The predicted octanol–water partition coefficient (Wildman–Crippen LogP) is 5.49. The summed E-state index contributed by atoms with van der Waals surface area (Å²) in [6.07, 6.45) is -3.77. The van der Waals surface area contributed by atoms with Crippen LogP contribution in [0.5, 0.6) is 11.5 Å². The molecule has 174 valence electrons. The van der Waals surface area contributed by atoms with Crippen LogP contribution in [0.25, 0.3) is 0 Å². The van der Waals surface area contributed by atoms with E-state index in [4.69, 9.17) is 26.8 Å². The van der Waals surface area contributed by atoms with Crippen LogP contribution in [0.1, 0.15) is 16.7 Å². The Hall–Kier alpha value is -2.74. The summed E-state index contributed by atoms with van der Waals surface area (Å²) in [7, 11) is 0. The number of halogens is 4. The molecular weight excluding hydrogens is 453 g/mol. The maximum absolute atomic E-state index is 13.4. The van der Waals surface area contributed by atoms with E-state index in [1.807, 2.05) is 24.3 Å². The first-order valence-electron chi connectivity index (χ1n) is 10.6. The van der Waals surface area contributed by atoms with Crippen molar-refractivity contribution in [3.63, 3.8) is 0 Å². The molecule has 1 aliphatic heterocycles. The highest BCUT2D eigenvalue weighted by Crippen LogP contribution is 2.39. The standard InChI is InChI=1S/C25H24ClF3N2O2/c26-20-7-4-9-22(16-20)33-24(32-21-8-3-6-19(15-21)25(27,28)29)17-31(14-12-30)13-11-18-5-1-2-10-23(18)24/h1-10,15-16H,11-14,17,30H2. The lowest BCUT2D eigenvalue weighted by atomic mass is 9.98. The van der Waals surface area contributed by atoms with Gasteiger partial charge in [-0.1, -0.05) is 48.0 Å². The predicted molar refractivity (Wildman–Crippen MR) is 121 cm³/mol. The van der Waals surface area contributed by atoms with Crippen LogP contribution in [-0.2, 0) is 18.4 Å². The zero-order valence-electron chi connectivity index (χ0n) is 17.8. The van der Waals surface area contributed by atoms with E-state index in [0.29, 0.717) is 30.4 Å². The third kappa shape index (κ3) is 5.43. The quantitative estimate of drug-likeness (QED) is 0.478. The molecule has 4 nitrogen and oxygen atoms in total. The Kier molecular flexibility index (Phi) is 6.83. The molecule has 0 aliphatic carbocycles. The average molecular weight is 477 g/mol. The van der Waals surface area contributed by atoms with Gasteiger partial charge in [0.15, 0.2) is 0 Å². The Morgan fingerprint density at radius 1 is 0.939 bits per heavy atom. The fourth-order valence-electron chi connectivity index (χ4n) is 4.06. The van der Waals surface area contributed by atoms with Gasteiger partial charge in [0.1, 0.15) is 11.5 Å². The van der Waals surface area contributed by atoms with Crippen LogP contribution < -0.4 is 15.2 Å². The van der Waals surface area contributed by atoms with E-state index in [2.05, 4.69) is 4.90 Å². The molecule has 3 aromatic carbocycles. The number of hydrogen-bond donors (Lipinski definition) is 1. The monoisotopic (exact) mass is 476 g/mol. The second-order valence-corrected chi connectivity index (χ2v) is 8.35. The summed E-state index contributed by atoms with van der Waals surface area (Å²) in [5.74, 6) is -0.924. The van der Waals surface area contributed by atoms with E-state index in [9.17, 15) is 13.2 Å². The summed E-state index contributed by atoms with van der Waals surface area (Å²) in [5, 5.41) is 0.474. The molecule has 8 heteroatoms. The zero-order valence-corrected chi connectivity index (χ0v) is 18.6. The topological polar surface area (TPSA) is 47.7 Å². The molecule has 0 aromatic heterocycles. The lowest BCUT2D eigenvalue weighted by Crippen LogP contribution is -2.49. The Morgan fingerprint density at radius 3 is 2.33 bits per heavy atom. The number of fused-ring (bicyclic) bond motifs is 1. The van der Waals surface area contributed by atoms with Gasteiger partial charge in [0, 0.05) is 30.2 Å². The molecule has 1 heterocycles. The maximum Gasteiger partial charge on any atom is 0.416 e. The minimum Gasteiger partial charge on any atom is -0.447 e. The third-order valence-electron chi connectivity index (χ3n) is 5.53. The zero-order chi connectivity index (χ0) is 23.5. The van der Waals surface area contributed by atoms with Crippen molar-refractivity contribution in [3.05, 3.63) is 94.5 Å². The number of hydrogen-bond acceptors (Lipinski definition) is 4. The number of nitrogens with two attached hydrogens (primary N) is 1. The molecule has 0 amide bonds. The first kappa shape index (κ1) is 23.4. The highest BCUT2D eigenvalue weighted by atomic mass is 35.5. The van der Waals surface area contributed by atoms with Crippen LogP contribution in [0.15, 0.2) is 72.8 Å². The summed E-state index contributed by atoms with van der Waals surface area (Å²) in [4.78, 5) is 2.10. The molecule has 33 heavy (non-hydrogen) atoms. The fraction of sp³-hybridized carbons (Fsp3) is 0.280. The second kappa shape index (κ2) is 9.63. The van der Waals surface area contributed by atoms with Crippen LogP contribution in [-0.4, -0.2) is 31.1 Å². The smallest absolute Gasteiger partial charge is 0.416 e. The molecule has 4 rings (SSSR count). The fourth-order valence-corrected chi connectivity index (χ4v) is 4.24. The molecule has 0 radical (unpaired) electrons. The number of rotatable bonds is 6. The Balaban J connectivity index is 1.84. The maximum atomic E-state index is 13.4. The van der Waals surface area contributed by atoms with Gasteiger partial charge in [-0.2, -0.15) is 13.2 Å². The lowest BCUT2D eigenvalue weighted by Gasteiger charge is -2.38. The van der Waals surface area contributed by atoms with Gasteiger partial charge in [-0.3, -0.25) is 4.90 Å². The second-order valence-electron chi connectivity index (χ2n) is 7.91. The first-order valence-corrected chi connectivity index (χ1v) is 11.0. The van der Waals surface area contributed by atoms with Crippen LogP contribution in [0.2, 0.25) is 5.02 Å². The molecule has 1 atom stereocenters. The van der Waals surface area contributed by atoms with Crippen molar-refractivity contribution in [2.75, 3.05) is 26.2 Å². The highest BCUT2D eigenvalue weighted by Gasteiger charge is 2.43. The minimum absolute atomic E-state index is 0.0521. The van der Waals surface area contributed by atoms with E-state index in [0.717, 1.165) is 29.7 Å². The largest absolute Gasteiger partial charge is 0.447 e. The first-order chi connectivity index (χ1) is 15.8. The third-order valence-corrected chi connectivity index (χ3v) is 5.76. The summed E-state index contributed by atoms with van der Waals surface area (Å²) >= 11 is 6.18. The summed E-state index contributed by atoms with van der Waals surface area (Å²) < 4.78 is 53.0. The minimum atomic E-state index is -4.49. The van der Waals surface area contributed by atoms with E-state index in [1.165, 1.54) is 12.1 Å². The van der Waals surface area contributed by atoms with Gasteiger partial charge >= 0.3 is 6.18 Å². The number of benzene rings is 3. The van der Waals surface area contributed by atoms with Gasteiger partial charge in [0.2, 0.25) is 0 Å².